The molecule has 404 valence electrons. The van der Waals surface area contributed by atoms with E-state index in [9.17, 15) is 43.8 Å². The SMILES string of the molecule is COC1C(=O)[C@H](C)C[C@H](C)/C=C/C=C/C=C(\C)[C@@H](OC)C[C@@H]2CC[C@@H](C)[C@@](O)(O2)C(=O)C(=O)N2CCCC[C@H]2C(=O)O[C@H]([C@H](C)C[C@@H]2CC[C@@H](OC(=O)CCC(=O)O)[C@H](OC)C2)CC(=O)[C@H](C)/C=C(\C)[C@H]1O. The van der Waals surface area contributed by atoms with Crippen molar-refractivity contribution in [2.45, 2.75) is 193 Å². The van der Waals surface area contributed by atoms with E-state index < -0.39 is 108 Å². The Hall–Kier alpha value is -4.39. The summed E-state index contributed by atoms with van der Waals surface area (Å²) in [4.78, 5) is 95.8. The smallest absolute Gasteiger partial charge is 0.329 e. The molecule has 3 N–H and O–H groups in total. The van der Waals surface area contributed by atoms with Gasteiger partial charge in [0, 0.05) is 58.5 Å². The Morgan fingerprint density at radius 2 is 1.57 bits per heavy atom. The third kappa shape index (κ3) is 16.6. The molecule has 3 heterocycles. The molecule has 2 saturated heterocycles. The number of cyclic esters (lactones) is 1. The number of ether oxygens (including phenoxy) is 6. The summed E-state index contributed by atoms with van der Waals surface area (Å²) in [6.45, 7) is 12.5. The van der Waals surface area contributed by atoms with Gasteiger partial charge >= 0.3 is 17.9 Å². The van der Waals surface area contributed by atoms with Gasteiger partial charge in [0.1, 0.15) is 36.2 Å². The maximum Gasteiger partial charge on any atom is 0.329 e. The van der Waals surface area contributed by atoms with Crippen LogP contribution in [-0.2, 0) is 62.0 Å². The van der Waals surface area contributed by atoms with Gasteiger partial charge in [-0.25, -0.2) is 4.79 Å². The number of carbonyl (C=O) groups is 7. The van der Waals surface area contributed by atoms with Gasteiger partial charge in [-0.2, -0.15) is 0 Å². The number of allylic oxidation sites excluding steroid dienone is 6. The minimum absolute atomic E-state index is 0.00674. The van der Waals surface area contributed by atoms with Gasteiger partial charge in [0.2, 0.25) is 5.79 Å². The molecule has 17 heteroatoms. The lowest BCUT2D eigenvalue weighted by atomic mass is 9.78. The molecule has 2 bridgehead atoms. The second-order valence-electron chi connectivity index (χ2n) is 20.9. The van der Waals surface area contributed by atoms with Crippen molar-refractivity contribution in [3.63, 3.8) is 0 Å². The number of carboxylic acids is 1. The second-order valence-corrected chi connectivity index (χ2v) is 20.9. The molecular weight excluding hydrogens is 931 g/mol. The predicted molar refractivity (Wildman–Crippen MR) is 266 cm³/mol. The number of methoxy groups -OCH3 is 3. The van der Waals surface area contributed by atoms with Crippen molar-refractivity contribution in [1.29, 1.82) is 0 Å². The molecule has 4 rings (SSSR count). The topological polar surface area (TPSA) is 239 Å². The molecule has 17 nitrogen and oxygen atoms in total. The number of carboxylic acid groups (broad SMARTS) is 1. The molecule has 0 aromatic rings. The van der Waals surface area contributed by atoms with E-state index in [0.717, 1.165) is 10.5 Å². The number of aliphatic carboxylic acids is 1. The Morgan fingerprint density at radius 1 is 0.847 bits per heavy atom. The first-order valence-electron chi connectivity index (χ1n) is 25.9. The zero-order chi connectivity index (χ0) is 53.4. The monoisotopic (exact) mass is 1010 g/mol. The fraction of sp³-hybridized carbons (Fsp3) is 0.727. The number of piperidine rings is 1. The summed E-state index contributed by atoms with van der Waals surface area (Å²) in [5.41, 5.74) is 1.21. The standard InChI is InChI=1S/C55H83NO16/c1-32-16-12-11-13-17-33(2)44(67-8)30-40-21-19-38(7)55(66,72-40)52(63)53(64)56-25-15-14-18-41(56)54(65)71-45(31-42(57)34(3)27-37(6)50(62)51(69-10)49(61)36(5)26-32)35(4)28-39-20-22-43(46(29-39)68-9)70-48(60)24-23-47(58)59/h11-13,16-17,27,32,34-36,38-41,43-46,50-51,62,66H,14-15,18-26,28-31H2,1-10H3,(H,58,59)/b13-11+,16-12+,33-17+,37-27+/t32-,34-,35-,36-,38-,39+,40+,41+,43-,44+,45+,46-,50-,51?,55-/m1/s1. The maximum atomic E-state index is 14.5. The molecule has 1 saturated carbocycles. The van der Waals surface area contributed by atoms with Crippen molar-refractivity contribution in [3.8, 4) is 0 Å². The molecule has 3 aliphatic heterocycles. The van der Waals surface area contributed by atoms with Gasteiger partial charge in [0.05, 0.1) is 31.2 Å². The van der Waals surface area contributed by atoms with Crippen LogP contribution in [0.3, 0.4) is 0 Å². The number of Topliss-reactive ketones (excluding diaryl/α,β-unsaturated/α-hetero) is 3. The van der Waals surface area contributed by atoms with Crippen LogP contribution in [0.15, 0.2) is 47.6 Å². The lowest BCUT2D eigenvalue weighted by Crippen LogP contribution is -2.61. The van der Waals surface area contributed by atoms with Crippen LogP contribution >= 0.6 is 0 Å². The van der Waals surface area contributed by atoms with Gasteiger partial charge in [-0.15, -0.1) is 0 Å². The van der Waals surface area contributed by atoms with Crippen LogP contribution in [0.1, 0.15) is 138 Å². The normalized spacial score (nSPS) is 37.5. The number of aliphatic hydroxyl groups is 2. The highest BCUT2D eigenvalue weighted by Crippen LogP contribution is 2.38. The number of amides is 1. The van der Waals surface area contributed by atoms with E-state index in [-0.39, 0.29) is 55.6 Å². The first-order chi connectivity index (χ1) is 34.0. The third-order valence-electron chi connectivity index (χ3n) is 15.3. The number of hydrogen-bond donors (Lipinski definition) is 3. The van der Waals surface area contributed by atoms with Gasteiger partial charge in [-0.3, -0.25) is 28.8 Å². The number of carbonyl (C=O) groups excluding carboxylic acids is 6. The molecule has 0 aromatic heterocycles. The summed E-state index contributed by atoms with van der Waals surface area (Å²) in [5, 5.41) is 32.5. The average molecular weight is 1010 g/mol. The molecule has 1 unspecified atom stereocenters. The summed E-state index contributed by atoms with van der Waals surface area (Å²) in [5.74, 6) is -10.3. The first-order valence-corrected chi connectivity index (χ1v) is 25.9. The quantitative estimate of drug-likeness (QED) is 0.119. The zero-order valence-corrected chi connectivity index (χ0v) is 44.2. The van der Waals surface area contributed by atoms with Gasteiger partial charge < -0.3 is 48.6 Å². The number of fused-ring (bicyclic) bond motifs is 3. The van der Waals surface area contributed by atoms with Crippen molar-refractivity contribution in [2.75, 3.05) is 27.9 Å². The second kappa shape index (κ2) is 28.3. The summed E-state index contributed by atoms with van der Waals surface area (Å²) in [6.07, 6.45) is 9.31. The number of ketones is 3. The van der Waals surface area contributed by atoms with Gasteiger partial charge in [-0.05, 0) is 107 Å². The van der Waals surface area contributed by atoms with Crippen LogP contribution in [0.25, 0.3) is 0 Å². The number of nitrogens with zero attached hydrogens (tertiary/aromatic N) is 1. The highest BCUT2D eigenvalue weighted by Gasteiger charge is 2.53. The minimum Gasteiger partial charge on any atom is -0.481 e. The highest BCUT2D eigenvalue weighted by molar-refractivity contribution is 6.39. The number of esters is 2. The van der Waals surface area contributed by atoms with E-state index in [0.29, 0.717) is 69.8 Å². The Morgan fingerprint density at radius 3 is 2.24 bits per heavy atom. The molecule has 0 aromatic carbocycles. The molecule has 1 aliphatic carbocycles. The van der Waals surface area contributed by atoms with Crippen molar-refractivity contribution < 1.29 is 77.3 Å². The number of hydrogen-bond acceptors (Lipinski definition) is 15. The molecular formula is C55H83NO16. The molecule has 0 radical (unpaired) electrons. The van der Waals surface area contributed by atoms with E-state index in [1.807, 2.05) is 51.2 Å². The van der Waals surface area contributed by atoms with Crippen molar-refractivity contribution >= 4 is 41.2 Å². The third-order valence-corrected chi connectivity index (χ3v) is 15.3. The average Bonchev–Trinajstić information content (AvgIpc) is 3.35. The van der Waals surface area contributed by atoms with Gasteiger partial charge in [0.15, 0.2) is 5.78 Å². The van der Waals surface area contributed by atoms with Crippen molar-refractivity contribution in [2.24, 2.45) is 35.5 Å². The maximum absolute atomic E-state index is 14.5. The van der Waals surface area contributed by atoms with Crippen LogP contribution in [0.4, 0.5) is 0 Å². The first kappa shape index (κ1) is 60.2. The summed E-state index contributed by atoms with van der Waals surface area (Å²) in [6, 6.07) is -1.20. The largest absolute Gasteiger partial charge is 0.481 e. The van der Waals surface area contributed by atoms with Crippen molar-refractivity contribution in [3.05, 3.63) is 47.6 Å². The van der Waals surface area contributed by atoms with Gasteiger partial charge in [0.25, 0.3) is 11.7 Å². The Balaban J connectivity index is 1.68. The van der Waals surface area contributed by atoms with Crippen LogP contribution in [0.5, 0.6) is 0 Å². The molecule has 1 amide bonds. The predicted octanol–water partition coefficient (Wildman–Crippen LogP) is 6.60. The van der Waals surface area contributed by atoms with Crippen LogP contribution in [0.2, 0.25) is 0 Å². The minimum atomic E-state index is -2.47. The number of rotatable bonds is 10. The van der Waals surface area contributed by atoms with E-state index in [1.165, 1.54) is 14.2 Å². The number of aliphatic hydroxyl groups excluding tert-OH is 1. The van der Waals surface area contributed by atoms with Crippen LogP contribution in [-0.4, -0.2) is 144 Å². The van der Waals surface area contributed by atoms with E-state index in [1.54, 1.807) is 40.9 Å². The summed E-state index contributed by atoms with van der Waals surface area (Å²) >= 11 is 0. The molecule has 0 spiro atoms. The molecule has 72 heavy (non-hydrogen) atoms. The lowest BCUT2D eigenvalue weighted by Gasteiger charge is -2.42. The zero-order valence-electron chi connectivity index (χ0n) is 44.2. The lowest BCUT2D eigenvalue weighted by molar-refractivity contribution is -0.265. The van der Waals surface area contributed by atoms with E-state index in [2.05, 4.69) is 0 Å². The highest BCUT2D eigenvalue weighted by atomic mass is 16.6. The Bertz CT molecular complexity index is 2010. The van der Waals surface area contributed by atoms with Crippen molar-refractivity contribution in [1.82, 2.24) is 4.90 Å². The van der Waals surface area contributed by atoms with Crippen LogP contribution in [0, 0.1) is 35.5 Å². The van der Waals surface area contributed by atoms with E-state index >= 15 is 0 Å². The van der Waals surface area contributed by atoms with E-state index in [4.69, 9.17) is 33.5 Å². The molecule has 4 aliphatic rings. The van der Waals surface area contributed by atoms with Crippen LogP contribution < -0.4 is 0 Å². The van der Waals surface area contributed by atoms with Gasteiger partial charge in [-0.1, -0.05) is 71.1 Å². The Kier molecular flexibility index (Phi) is 23.7. The molecule has 15 atom stereocenters. The summed E-state index contributed by atoms with van der Waals surface area (Å²) < 4.78 is 35.2. The Labute approximate surface area is 426 Å². The summed E-state index contributed by atoms with van der Waals surface area (Å²) in [7, 11) is 4.43. The molecule has 3 fully saturated rings. The fourth-order valence-corrected chi connectivity index (χ4v) is 10.7. The fourth-order valence-electron chi connectivity index (χ4n) is 10.7.